The first-order valence-corrected chi connectivity index (χ1v) is 12.8. The number of benzene rings is 5. The molecule has 2 heteroatoms. The molecular formula is C30H23NSi. The summed E-state index contributed by atoms with van der Waals surface area (Å²) in [5, 5.41) is 8.22. The third-order valence-corrected chi connectivity index (χ3v) is 9.63. The lowest BCUT2D eigenvalue weighted by molar-refractivity contribution is 1.54. The second-order valence-corrected chi connectivity index (χ2v) is 11.0. The largest absolute Gasteiger partial charge is 0.355 e. The topological polar surface area (TPSA) is 12.0 Å². The Kier molecular flexibility index (Phi) is 4.71. The summed E-state index contributed by atoms with van der Waals surface area (Å²) < 4.78 is 0. The zero-order valence-electron chi connectivity index (χ0n) is 17.7. The predicted molar refractivity (Wildman–Crippen MR) is 140 cm³/mol. The van der Waals surface area contributed by atoms with Crippen molar-refractivity contribution in [2.45, 2.75) is 0 Å². The molecule has 1 unspecified atom stereocenters. The minimum atomic E-state index is -1.48. The van der Waals surface area contributed by atoms with Gasteiger partial charge < -0.3 is 5.32 Å². The Morgan fingerprint density at radius 1 is 0.469 bits per heavy atom. The van der Waals surface area contributed by atoms with E-state index in [0.29, 0.717) is 0 Å². The minimum absolute atomic E-state index is 1.13. The molecule has 1 aliphatic heterocycles. The lowest BCUT2D eigenvalue weighted by atomic mass is 10.0. The highest BCUT2D eigenvalue weighted by Gasteiger charge is 2.31. The minimum Gasteiger partial charge on any atom is -0.355 e. The van der Waals surface area contributed by atoms with Crippen LogP contribution >= 0.6 is 0 Å². The van der Waals surface area contributed by atoms with E-state index in [-0.39, 0.29) is 0 Å². The maximum Gasteiger partial charge on any atom is 0.134 e. The Morgan fingerprint density at radius 3 is 1.91 bits per heavy atom. The number of fused-ring (bicyclic) bond motifs is 3. The monoisotopic (exact) mass is 425 g/mol. The van der Waals surface area contributed by atoms with Crippen LogP contribution in [0.1, 0.15) is 0 Å². The molecule has 152 valence electrons. The van der Waals surface area contributed by atoms with E-state index < -0.39 is 8.80 Å². The van der Waals surface area contributed by atoms with Crippen LogP contribution < -0.4 is 20.9 Å². The Labute approximate surface area is 190 Å². The van der Waals surface area contributed by atoms with E-state index in [1.165, 1.54) is 37.8 Å². The highest BCUT2D eigenvalue weighted by atomic mass is 28.3. The molecule has 1 heterocycles. The third kappa shape index (κ3) is 3.26. The third-order valence-electron chi connectivity index (χ3n) is 6.35. The molecule has 0 aromatic heterocycles. The molecule has 1 atom stereocenters. The van der Waals surface area contributed by atoms with Gasteiger partial charge in [0.25, 0.3) is 0 Å². The average Bonchev–Trinajstić information content (AvgIpc) is 3.19. The standard InChI is InChI=1S/C30H23NSi/c1-3-11-22(12-4-1)25-15-7-9-17-28(25)31-23-19-20-27-26-16-8-10-18-29(26)32(30(27)21-23)24-13-5-2-6-14-24/h1-21,31-32H. The summed E-state index contributed by atoms with van der Waals surface area (Å²) in [5.74, 6) is 0. The smallest absolute Gasteiger partial charge is 0.134 e. The van der Waals surface area contributed by atoms with Crippen molar-refractivity contribution in [1.29, 1.82) is 0 Å². The van der Waals surface area contributed by atoms with Crippen LogP contribution in [0.15, 0.2) is 127 Å². The maximum absolute atomic E-state index is 3.72. The van der Waals surface area contributed by atoms with Crippen LogP contribution in [0.2, 0.25) is 0 Å². The summed E-state index contributed by atoms with van der Waals surface area (Å²) in [5.41, 5.74) is 7.51. The molecule has 5 aromatic rings. The van der Waals surface area contributed by atoms with Crippen LogP contribution in [0.25, 0.3) is 22.3 Å². The highest BCUT2D eigenvalue weighted by Crippen LogP contribution is 2.31. The van der Waals surface area contributed by atoms with E-state index in [0.717, 1.165) is 11.4 Å². The average molecular weight is 426 g/mol. The predicted octanol–water partition coefficient (Wildman–Crippen LogP) is 5.33. The number of para-hydroxylation sites is 1. The van der Waals surface area contributed by atoms with Crippen LogP contribution in [0, 0.1) is 0 Å². The highest BCUT2D eigenvalue weighted by molar-refractivity contribution is 6.99. The molecule has 0 saturated carbocycles. The zero-order chi connectivity index (χ0) is 21.3. The van der Waals surface area contributed by atoms with Crippen molar-refractivity contribution in [2.75, 3.05) is 5.32 Å². The van der Waals surface area contributed by atoms with Crippen LogP contribution in [-0.4, -0.2) is 8.80 Å². The van der Waals surface area contributed by atoms with Gasteiger partial charge in [0.15, 0.2) is 0 Å². The van der Waals surface area contributed by atoms with Gasteiger partial charge in [0, 0.05) is 16.9 Å². The van der Waals surface area contributed by atoms with Gasteiger partial charge in [-0.15, -0.1) is 0 Å². The fraction of sp³-hybridized carbons (Fsp3) is 0. The second-order valence-electron chi connectivity index (χ2n) is 8.27. The van der Waals surface area contributed by atoms with E-state index in [4.69, 9.17) is 0 Å². The normalized spacial score (nSPS) is 13.9. The van der Waals surface area contributed by atoms with Gasteiger partial charge in [0.1, 0.15) is 8.80 Å². The Balaban J connectivity index is 1.43. The number of hydrogen-bond donors (Lipinski definition) is 1. The van der Waals surface area contributed by atoms with Gasteiger partial charge in [-0.3, -0.25) is 0 Å². The van der Waals surface area contributed by atoms with Crippen molar-refractivity contribution in [1.82, 2.24) is 0 Å². The Morgan fingerprint density at radius 2 is 1.09 bits per heavy atom. The van der Waals surface area contributed by atoms with Crippen LogP contribution in [0.5, 0.6) is 0 Å². The summed E-state index contributed by atoms with van der Waals surface area (Å²) in [6.45, 7) is 0. The van der Waals surface area contributed by atoms with Crippen molar-refractivity contribution in [3.63, 3.8) is 0 Å². The SMILES string of the molecule is c1ccc(-c2ccccc2Nc2ccc3c(c2)[SiH](c2ccccc2)c2ccccc2-3)cc1. The lowest BCUT2D eigenvalue weighted by Gasteiger charge is -2.16. The summed E-state index contributed by atoms with van der Waals surface area (Å²) in [6.07, 6.45) is 0. The van der Waals surface area contributed by atoms with Crippen molar-refractivity contribution in [2.24, 2.45) is 0 Å². The van der Waals surface area contributed by atoms with Crippen molar-refractivity contribution >= 4 is 35.7 Å². The number of rotatable bonds is 4. The van der Waals surface area contributed by atoms with Gasteiger partial charge >= 0.3 is 0 Å². The molecule has 0 bridgehead atoms. The molecule has 0 fully saturated rings. The van der Waals surface area contributed by atoms with Crippen LogP contribution in [0.4, 0.5) is 11.4 Å². The zero-order valence-corrected chi connectivity index (χ0v) is 18.9. The van der Waals surface area contributed by atoms with Gasteiger partial charge in [-0.1, -0.05) is 114 Å². The van der Waals surface area contributed by atoms with E-state index >= 15 is 0 Å². The van der Waals surface area contributed by atoms with Gasteiger partial charge in [0.2, 0.25) is 0 Å². The fourth-order valence-electron chi connectivity index (χ4n) is 4.91. The molecule has 1 N–H and O–H groups in total. The summed E-state index contributed by atoms with van der Waals surface area (Å²) in [7, 11) is -1.48. The molecule has 5 aromatic carbocycles. The molecule has 0 saturated heterocycles. The molecule has 1 aliphatic rings. The van der Waals surface area contributed by atoms with E-state index in [9.17, 15) is 0 Å². The van der Waals surface area contributed by atoms with Crippen LogP contribution in [0.3, 0.4) is 0 Å². The van der Waals surface area contributed by atoms with Gasteiger partial charge in [-0.05, 0) is 45.3 Å². The quantitative estimate of drug-likeness (QED) is 0.377. The van der Waals surface area contributed by atoms with Crippen molar-refractivity contribution < 1.29 is 0 Å². The number of hydrogen-bond acceptors (Lipinski definition) is 1. The molecule has 0 aliphatic carbocycles. The van der Waals surface area contributed by atoms with E-state index in [1.807, 2.05) is 0 Å². The molecule has 6 rings (SSSR count). The molecular weight excluding hydrogens is 402 g/mol. The van der Waals surface area contributed by atoms with E-state index in [1.54, 1.807) is 0 Å². The second kappa shape index (κ2) is 7.99. The molecule has 0 spiro atoms. The summed E-state index contributed by atoms with van der Waals surface area (Å²) in [6, 6.07) is 46.0. The lowest BCUT2D eigenvalue weighted by Crippen LogP contribution is -2.48. The van der Waals surface area contributed by atoms with Gasteiger partial charge in [-0.25, -0.2) is 0 Å². The molecule has 32 heavy (non-hydrogen) atoms. The van der Waals surface area contributed by atoms with Crippen molar-refractivity contribution in [3.8, 4) is 22.3 Å². The van der Waals surface area contributed by atoms with Gasteiger partial charge in [-0.2, -0.15) is 0 Å². The molecule has 0 radical (unpaired) electrons. The maximum atomic E-state index is 3.72. The van der Waals surface area contributed by atoms with E-state index in [2.05, 4.69) is 133 Å². The first kappa shape index (κ1) is 18.9. The fourth-order valence-corrected chi connectivity index (χ4v) is 8.34. The van der Waals surface area contributed by atoms with Crippen molar-refractivity contribution in [3.05, 3.63) is 127 Å². The summed E-state index contributed by atoms with van der Waals surface area (Å²) in [4.78, 5) is 0. The van der Waals surface area contributed by atoms with Gasteiger partial charge in [0.05, 0.1) is 0 Å². The van der Waals surface area contributed by atoms with Crippen LogP contribution in [-0.2, 0) is 0 Å². The number of nitrogens with one attached hydrogen (secondary N) is 1. The summed E-state index contributed by atoms with van der Waals surface area (Å²) >= 11 is 0. The first-order chi connectivity index (χ1) is 15.9. The Bertz CT molecular complexity index is 1390. The molecule has 0 amide bonds. The first-order valence-electron chi connectivity index (χ1n) is 11.1. The molecule has 1 nitrogen and oxygen atoms in total. The Hall–Kier alpha value is -3.88. The number of anilines is 2.